The van der Waals surface area contributed by atoms with Gasteiger partial charge in [0.15, 0.2) is 0 Å². The summed E-state index contributed by atoms with van der Waals surface area (Å²) in [5.74, 6) is 6.66. The second kappa shape index (κ2) is 34.2. The molecule has 0 amide bonds. The SMILES string of the molecule is CC(C)c1cc(C(C)C)on1.CC(C)c1cn(C(C)C)cn1.CC(C)c1cn(C(C)C)nn1.CC(C)c1cn(C(C)C)nn1.CC(C)c1cnn(C(C)C)c1.CC(C)c1cnn(C(C)C)c1.CC(C)c1nnc(C(C)C)o1. The van der Waals surface area contributed by atoms with Crippen molar-refractivity contribution in [2.45, 2.75) is 277 Å². The molecule has 17 heteroatoms. The van der Waals surface area contributed by atoms with Gasteiger partial charge in [-0.25, -0.2) is 14.3 Å². The molecule has 7 heterocycles. The first-order valence-corrected chi connectivity index (χ1v) is 28.5. The molecule has 17 nitrogen and oxygen atoms in total. The van der Waals surface area contributed by atoms with Crippen LogP contribution < -0.4 is 0 Å². The maximum Gasteiger partial charge on any atom is 0.219 e. The first-order chi connectivity index (χ1) is 35.8. The van der Waals surface area contributed by atoms with Gasteiger partial charge >= 0.3 is 0 Å². The summed E-state index contributed by atoms with van der Waals surface area (Å²) in [4.78, 5) is 4.30. The van der Waals surface area contributed by atoms with Gasteiger partial charge < -0.3 is 13.5 Å². The zero-order valence-electron chi connectivity index (χ0n) is 53.3. The number of aromatic nitrogens is 15. The maximum absolute atomic E-state index is 5.38. The zero-order valence-corrected chi connectivity index (χ0v) is 53.3. The van der Waals surface area contributed by atoms with Crippen molar-refractivity contribution in [2.24, 2.45) is 0 Å². The van der Waals surface area contributed by atoms with Crippen molar-refractivity contribution in [2.75, 3.05) is 0 Å². The van der Waals surface area contributed by atoms with E-state index >= 15 is 0 Å². The number of rotatable bonds is 14. The van der Waals surface area contributed by atoms with Crippen molar-refractivity contribution in [1.29, 1.82) is 0 Å². The molecule has 77 heavy (non-hydrogen) atoms. The molecule has 7 aromatic heterocycles. The zero-order chi connectivity index (χ0) is 59.0. The molecule has 0 fully saturated rings. The molecule has 0 aliphatic rings. The normalized spacial score (nSPS) is 11.5. The molecule has 0 atom stereocenters. The van der Waals surface area contributed by atoms with Crippen LogP contribution in [0.15, 0.2) is 64.7 Å². The smallest absolute Gasteiger partial charge is 0.219 e. The van der Waals surface area contributed by atoms with E-state index in [1.54, 1.807) is 0 Å². The molecule has 0 aliphatic carbocycles. The Bertz CT molecular complexity index is 1910. The predicted octanol–water partition coefficient (Wildman–Crippen LogP) is 17.0. The van der Waals surface area contributed by atoms with Crippen LogP contribution in [-0.2, 0) is 0 Å². The minimum absolute atomic E-state index is 0.329. The van der Waals surface area contributed by atoms with Crippen molar-refractivity contribution in [3.63, 3.8) is 0 Å². The van der Waals surface area contributed by atoms with Crippen LogP contribution in [0.25, 0.3) is 0 Å². The van der Waals surface area contributed by atoms with E-state index < -0.39 is 0 Å². The van der Waals surface area contributed by atoms with Crippen LogP contribution in [0.1, 0.15) is 329 Å². The van der Waals surface area contributed by atoms with Crippen molar-refractivity contribution in [3.8, 4) is 0 Å². The molecular weight excluding hydrogens is 963 g/mol. The van der Waals surface area contributed by atoms with Gasteiger partial charge in [0.25, 0.3) is 0 Å². The van der Waals surface area contributed by atoms with Crippen LogP contribution in [0.2, 0.25) is 0 Å². The highest BCUT2D eigenvalue weighted by molar-refractivity contribution is 5.12. The van der Waals surface area contributed by atoms with Crippen molar-refractivity contribution in [3.05, 3.63) is 107 Å². The molecule has 0 aliphatic heterocycles. The van der Waals surface area contributed by atoms with Gasteiger partial charge in [0, 0.05) is 85.0 Å². The summed E-state index contributed by atoms with van der Waals surface area (Å²) >= 11 is 0. The third-order valence-corrected chi connectivity index (χ3v) is 11.9. The second-order valence-electron chi connectivity index (χ2n) is 24.0. The van der Waals surface area contributed by atoms with Crippen LogP contribution >= 0.6 is 0 Å². The van der Waals surface area contributed by atoms with Crippen molar-refractivity contribution in [1.82, 2.24) is 74.5 Å². The minimum Gasteiger partial charge on any atom is -0.425 e. The minimum atomic E-state index is 0.329. The average molecular weight is 1070 g/mol. The Morgan fingerprint density at radius 2 is 0.727 bits per heavy atom. The van der Waals surface area contributed by atoms with E-state index in [-0.39, 0.29) is 0 Å². The summed E-state index contributed by atoms with van der Waals surface area (Å²) in [7, 11) is 0. The lowest BCUT2D eigenvalue weighted by Gasteiger charge is -2.04. The van der Waals surface area contributed by atoms with Gasteiger partial charge in [0.2, 0.25) is 11.8 Å². The van der Waals surface area contributed by atoms with E-state index in [1.807, 2.05) is 83.6 Å². The molecule has 0 bridgehead atoms. The second-order valence-corrected chi connectivity index (χ2v) is 24.0. The van der Waals surface area contributed by atoms with Crippen LogP contribution in [-0.4, -0.2) is 74.5 Å². The maximum atomic E-state index is 5.38. The third-order valence-electron chi connectivity index (χ3n) is 11.9. The van der Waals surface area contributed by atoms with Crippen LogP contribution in [0, 0.1) is 0 Å². The van der Waals surface area contributed by atoms with Gasteiger partial charge in [-0.1, -0.05) is 140 Å². The Morgan fingerprint density at radius 3 is 0.909 bits per heavy atom. The lowest BCUT2D eigenvalue weighted by atomic mass is 10.1. The molecule has 0 N–H and O–H groups in total. The molecule has 7 rings (SSSR count). The third kappa shape index (κ3) is 25.5. The monoisotopic (exact) mass is 1070 g/mol. The first-order valence-electron chi connectivity index (χ1n) is 28.5. The molecule has 0 aromatic carbocycles. The lowest BCUT2D eigenvalue weighted by molar-refractivity contribution is 0.363. The molecule has 0 unspecified atom stereocenters. The molecule has 0 radical (unpaired) electrons. The molecule has 7 aromatic rings. The molecule has 0 spiro atoms. The van der Waals surface area contributed by atoms with Gasteiger partial charge in [-0.05, 0) is 116 Å². The Kier molecular flexibility index (Phi) is 30.8. The van der Waals surface area contributed by atoms with Gasteiger partial charge in [-0.2, -0.15) is 10.2 Å². The lowest BCUT2D eigenvalue weighted by Crippen LogP contribution is -2.00. The summed E-state index contributed by atoms with van der Waals surface area (Å²) in [6.45, 7) is 59.4. The Hall–Kier alpha value is -5.74. The van der Waals surface area contributed by atoms with Gasteiger partial charge in [-0.3, -0.25) is 9.36 Å². The summed E-state index contributed by atoms with van der Waals surface area (Å²) in [6, 6.07) is 4.33. The van der Waals surface area contributed by atoms with Gasteiger partial charge in [0.05, 0.1) is 41.5 Å². The van der Waals surface area contributed by atoms with E-state index in [0.29, 0.717) is 83.5 Å². The Morgan fingerprint density at radius 1 is 0.351 bits per heavy atom. The van der Waals surface area contributed by atoms with Crippen LogP contribution in [0.5, 0.6) is 0 Å². The largest absolute Gasteiger partial charge is 0.425 e. The molecule has 434 valence electrons. The predicted molar refractivity (Wildman–Crippen MR) is 316 cm³/mol. The number of hydrogen-bond acceptors (Lipinski definition) is 12. The highest BCUT2D eigenvalue weighted by Crippen LogP contribution is 2.21. The first kappa shape index (κ1) is 69.3. The van der Waals surface area contributed by atoms with Crippen LogP contribution in [0.3, 0.4) is 0 Å². The Labute approximate surface area is 466 Å². The standard InChI is InChI=1S/3C9H16N2.C9H15NO.2C8H15N3.C8H14N2O/c1-7(2)9-5-11(6-10-9)8(3)4;2*1-7(2)9-5-10-11(6-9)8(3)4;1-6(2)8-5-9(7(3)4)11-10-8;2*1-6(2)8-5-11(7(3)4)10-9-8;1-5(2)7-9-10-8(11-7)6(3)4/h3*5-8H,1-4H3;3*5-7H,1-4H3;5-6H,1-4H3. The van der Waals surface area contributed by atoms with Gasteiger partial charge in [-0.15, -0.1) is 20.4 Å². The number of hydrogen-bond donors (Lipinski definition) is 0. The highest BCUT2D eigenvalue weighted by Gasteiger charge is 2.13. The highest BCUT2D eigenvalue weighted by atomic mass is 16.5. The molecular formula is C60H107N15O2. The fourth-order valence-electron chi connectivity index (χ4n) is 5.98. The fourth-order valence-corrected chi connectivity index (χ4v) is 5.98. The topological polar surface area (TPSA) is 180 Å². The number of imidazole rings is 1. The van der Waals surface area contributed by atoms with E-state index in [1.165, 1.54) is 16.8 Å². The average Bonchev–Trinajstić information content (AvgIpc) is 4.20. The van der Waals surface area contributed by atoms with Crippen LogP contribution in [0.4, 0.5) is 0 Å². The van der Waals surface area contributed by atoms with E-state index in [9.17, 15) is 0 Å². The number of nitrogens with zero attached hydrogens (tertiary/aromatic N) is 15. The summed E-state index contributed by atoms with van der Waals surface area (Å²) in [5, 5.41) is 36.4. The Balaban J connectivity index is 0.000000449. The van der Waals surface area contributed by atoms with Crippen molar-refractivity contribution < 1.29 is 8.94 Å². The summed E-state index contributed by atoms with van der Waals surface area (Å²) in [6.07, 6.45) is 16.2. The van der Waals surface area contributed by atoms with E-state index in [2.05, 4.69) is 240 Å². The van der Waals surface area contributed by atoms with E-state index in [4.69, 9.17) is 8.94 Å². The summed E-state index contributed by atoms with van der Waals surface area (Å²) < 4.78 is 20.4. The van der Waals surface area contributed by atoms with Crippen molar-refractivity contribution >= 4 is 0 Å². The quantitative estimate of drug-likeness (QED) is 0.101. The molecule has 0 saturated heterocycles. The summed E-state index contributed by atoms with van der Waals surface area (Å²) in [5.41, 5.74) is 7.00. The van der Waals surface area contributed by atoms with E-state index in [0.717, 1.165) is 34.6 Å². The molecule has 0 saturated carbocycles. The fraction of sp³-hybridized carbons (Fsp3) is 0.700. The van der Waals surface area contributed by atoms with Gasteiger partial charge in [0.1, 0.15) is 5.76 Å².